The summed E-state index contributed by atoms with van der Waals surface area (Å²) in [4.78, 5) is 0. The van der Waals surface area contributed by atoms with Crippen molar-refractivity contribution in [2.75, 3.05) is 7.05 Å². The molecule has 0 aliphatic carbocycles. The van der Waals surface area contributed by atoms with E-state index in [4.69, 9.17) is 4.42 Å². The number of hydrogen-bond acceptors (Lipinski definition) is 2. The minimum Gasteiger partial charge on any atom is -0.469 e. The third kappa shape index (κ3) is 3.03. The van der Waals surface area contributed by atoms with Gasteiger partial charge in [-0.2, -0.15) is 0 Å². The van der Waals surface area contributed by atoms with Gasteiger partial charge in [0.2, 0.25) is 0 Å². The Morgan fingerprint density at radius 3 is 2.83 bits per heavy atom. The molecule has 2 rings (SSSR count). The molecular weight excluding hydrogens is 290 g/mol. The van der Waals surface area contributed by atoms with Gasteiger partial charge in [0.05, 0.1) is 6.26 Å². The van der Waals surface area contributed by atoms with E-state index in [0.29, 0.717) is 6.04 Å². The lowest BCUT2D eigenvalue weighted by Gasteiger charge is -2.16. The first-order valence-corrected chi connectivity index (χ1v) is 7.01. The van der Waals surface area contributed by atoms with Crippen LogP contribution in [0.1, 0.15) is 29.9 Å². The van der Waals surface area contributed by atoms with Gasteiger partial charge < -0.3 is 9.73 Å². The molecule has 2 aromatic rings. The van der Waals surface area contributed by atoms with Crippen LogP contribution in [0.25, 0.3) is 0 Å². The average Bonchev–Trinajstić information content (AvgIpc) is 2.84. The molecule has 18 heavy (non-hydrogen) atoms. The molecule has 0 aliphatic heterocycles. The first-order valence-electron chi connectivity index (χ1n) is 6.22. The van der Waals surface area contributed by atoms with Gasteiger partial charge in [0.15, 0.2) is 0 Å². The monoisotopic (exact) mass is 307 g/mol. The molecule has 1 aromatic carbocycles. The zero-order chi connectivity index (χ0) is 13.0. The van der Waals surface area contributed by atoms with Crippen molar-refractivity contribution in [1.82, 2.24) is 5.32 Å². The molecule has 0 saturated heterocycles. The number of likely N-dealkylation sites (N-methyl/N-ethyl adjacent to an activating group) is 1. The molecule has 0 bridgehead atoms. The summed E-state index contributed by atoms with van der Waals surface area (Å²) in [6.07, 6.45) is 3.67. The van der Waals surface area contributed by atoms with E-state index in [2.05, 4.69) is 52.4 Å². The van der Waals surface area contributed by atoms with Crippen molar-refractivity contribution in [3.05, 3.63) is 58.0 Å². The Labute approximate surface area is 117 Å². The molecule has 96 valence electrons. The summed E-state index contributed by atoms with van der Waals surface area (Å²) in [5.41, 5.74) is 2.58. The highest BCUT2D eigenvalue weighted by molar-refractivity contribution is 9.10. The van der Waals surface area contributed by atoms with Crippen LogP contribution in [-0.4, -0.2) is 7.05 Å². The van der Waals surface area contributed by atoms with Gasteiger partial charge in [0, 0.05) is 22.5 Å². The largest absolute Gasteiger partial charge is 0.469 e. The fourth-order valence-corrected chi connectivity index (χ4v) is 2.66. The average molecular weight is 308 g/mol. The topological polar surface area (TPSA) is 25.2 Å². The van der Waals surface area contributed by atoms with Crippen molar-refractivity contribution in [3.63, 3.8) is 0 Å². The number of halogens is 1. The van der Waals surface area contributed by atoms with E-state index >= 15 is 0 Å². The number of furan rings is 1. The van der Waals surface area contributed by atoms with E-state index in [1.807, 2.05) is 13.1 Å². The predicted molar refractivity (Wildman–Crippen MR) is 77.7 cm³/mol. The second-order valence-corrected chi connectivity index (χ2v) is 5.24. The molecule has 2 nitrogen and oxygen atoms in total. The van der Waals surface area contributed by atoms with Crippen LogP contribution in [0.2, 0.25) is 0 Å². The molecule has 1 N–H and O–H groups in total. The van der Waals surface area contributed by atoms with E-state index < -0.39 is 0 Å². The molecule has 1 aromatic heterocycles. The molecule has 1 atom stereocenters. The molecule has 0 aliphatic rings. The lowest BCUT2D eigenvalue weighted by molar-refractivity contribution is 0.495. The predicted octanol–water partition coefficient (Wildman–Crippen LogP) is 4.11. The van der Waals surface area contributed by atoms with Crippen LogP contribution in [0.15, 0.2) is 45.5 Å². The highest BCUT2D eigenvalue weighted by atomic mass is 79.9. The lowest BCUT2D eigenvalue weighted by atomic mass is 9.99. The molecule has 1 heterocycles. The third-order valence-corrected chi connectivity index (χ3v) is 3.65. The van der Waals surface area contributed by atoms with Crippen molar-refractivity contribution >= 4 is 15.9 Å². The Morgan fingerprint density at radius 2 is 2.17 bits per heavy atom. The smallest absolute Gasteiger partial charge is 0.108 e. The van der Waals surface area contributed by atoms with E-state index in [9.17, 15) is 0 Å². The van der Waals surface area contributed by atoms with Gasteiger partial charge in [-0.3, -0.25) is 0 Å². The van der Waals surface area contributed by atoms with Crippen LogP contribution in [0.4, 0.5) is 0 Å². The molecule has 0 saturated carbocycles. The normalized spacial score (nSPS) is 12.6. The Morgan fingerprint density at radius 1 is 1.33 bits per heavy atom. The summed E-state index contributed by atoms with van der Waals surface area (Å²) >= 11 is 3.51. The van der Waals surface area contributed by atoms with E-state index in [1.165, 1.54) is 11.1 Å². The Hall–Kier alpha value is -1.06. The second-order valence-electron chi connectivity index (χ2n) is 4.33. The van der Waals surface area contributed by atoms with Gasteiger partial charge in [0.1, 0.15) is 5.76 Å². The fourth-order valence-electron chi connectivity index (χ4n) is 2.22. The molecule has 1 unspecified atom stereocenters. The zero-order valence-electron chi connectivity index (χ0n) is 10.7. The molecule has 0 spiro atoms. The first-order chi connectivity index (χ1) is 8.74. The van der Waals surface area contributed by atoms with Crippen LogP contribution in [0, 0.1) is 0 Å². The fraction of sp³-hybridized carbons (Fsp3) is 0.333. The maximum atomic E-state index is 5.51. The van der Waals surface area contributed by atoms with Crippen LogP contribution in [0.5, 0.6) is 0 Å². The quantitative estimate of drug-likeness (QED) is 0.899. The van der Waals surface area contributed by atoms with Crippen molar-refractivity contribution in [3.8, 4) is 0 Å². The number of rotatable bonds is 5. The summed E-state index contributed by atoms with van der Waals surface area (Å²) < 4.78 is 6.63. The van der Waals surface area contributed by atoms with Gasteiger partial charge in [-0.25, -0.2) is 0 Å². The van der Waals surface area contributed by atoms with Gasteiger partial charge >= 0.3 is 0 Å². The van der Waals surface area contributed by atoms with Crippen LogP contribution < -0.4 is 5.32 Å². The molecular formula is C15H18BrNO. The SMILES string of the molecule is CCc1occc1C(Cc1cccc(Br)c1)NC. The molecule has 0 radical (unpaired) electrons. The van der Waals surface area contributed by atoms with Crippen molar-refractivity contribution in [1.29, 1.82) is 0 Å². The number of nitrogens with one attached hydrogen (secondary N) is 1. The highest BCUT2D eigenvalue weighted by Crippen LogP contribution is 2.24. The lowest BCUT2D eigenvalue weighted by Crippen LogP contribution is -2.19. The van der Waals surface area contributed by atoms with Crippen molar-refractivity contribution < 1.29 is 4.42 Å². The summed E-state index contributed by atoms with van der Waals surface area (Å²) in [5, 5.41) is 3.37. The zero-order valence-corrected chi connectivity index (χ0v) is 12.3. The summed E-state index contributed by atoms with van der Waals surface area (Å²) in [6.45, 7) is 2.12. The van der Waals surface area contributed by atoms with Gasteiger partial charge in [-0.05, 0) is 37.2 Å². The summed E-state index contributed by atoms with van der Waals surface area (Å²) in [6, 6.07) is 10.8. The molecule has 0 fully saturated rings. The number of hydrogen-bond donors (Lipinski definition) is 1. The summed E-state index contributed by atoms with van der Waals surface area (Å²) in [7, 11) is 2.00. The Kier molecular flexibility index (Phi) is 4.61. The summed E-state index contributed by atoms with van der Waals surface area (Å²) in [5.74, 6) is 1.07. The maximum Gasteiger partial charge on any atom is 0.108 e. The molecule has 0 amide bonds. The Balaban J connectivity index is 2.20. The number of benzene rings is 1. The second kappa shape index (κ2) is 6.21. The van der Waals surface area contributed by atoms with Crippen LogP contribution in [-0.2, 0) is 12.8 Å². The minimum absolute atomic E-state index is 0.299. The van der Waals surface area contributed by atoms with Gasteiger partial charge in [-0.15, -0.1) is 0 Å². The number of aryl methyl sites for hydroxylation is 1. The van der Waals surface area contributed by atoms with Crippen molar-refractivity contribution in [2.45, 2.75) is 25.8 Å². The highest BCUT2D eigenvalue weighted by Gasteiger charge is 2.15. The Bertz CT molecular complexity index is 507. The van der Waals surface area contributed by atoms with Crippen LogP contribution >= 0.6 is 15.9 Å². The van der Waals surface area contributed by atoms with E-state index in [1.54, 1.807) is 6.26 Å². The standard InChI is InChI=1S/C15H18BrNO/c1-3-15-13(7-8-18-15)14(17-2)10-11-5-4-6-12(16)9-11/h4-9,14,17H,3,10H2,1-2H3. The first kappa shape index (κ1) is 13.4. The van der Waals surface area contributed by atoms with Crippen LogP contribution in [0.3, 0.4) is 0 Å². The molecule has 3 heteroatoms. The third-order valence-electron chi connectivity index (χ3n) is 3.15. The minimum atomic E-state index is 0.299. The van der Waals surface area contributed by atoms with E-state index in [-0.39, 0.29) is 0 Å². The van der Waals surface area contributed by atoms with Gasteiger partial charge in [-0.1, -0.05) is 35.0 Å². The van der Waals surface area contributed by atoms with E-state index in [0.717, 1.165) is 23.1 Å². The maximum absolute atomic E-state index is 5.51. The van der Waals surface area contributed by atoms with Crippen molar-refractivity contribution in [2.24, 2.45) is 0 Å². The van der Waals surface area contributed by atoms with Gasteiger partial charge in [0.25, 0.3) is 0 Å².